The summed E-state index contributed by atoms with van der Waals surface area (Å²) in [5.41, 5.74) is 6.00. The molecule has 0 radical (unpaired) electrons. The zero-order valence-corrected chi connectivity index (χ0v) is 15.3. The quantitative estimate of drug-likeness (QED) is 0.402. The summed E-state index contributed by atoms with van der Waals surface area (Å²) in [7, 11) is 0. The highest BCUT2D eigenvalue weighted by Crippen LogP contribution is 2.24. The van der Waals surface area contributed by atoms with Gasteiger partial charge in [0.2, 0.25) is 5.91 Å². The van der Waals surface area contributed by atoms with E-state index >= 15 is 0 Å². The van der Waals surface area contributed by atoms with Crippen LogP contribution in [0.4, 0.5) is 24.7 Å². The molecular formula is C16H15F3N4O4S. The van der Waals surface area contributed by atoms with Gasteiger partial charge in [0.1, 0.15) is 17.1 Å². The molecule has 2 aromatic rings. The van der Waals surface area contributed by atoms with Crippen molar-refractivity contribution in [1.82, 2.24) is 9.97 Å². The Morgan fingerprint density at radius 3 is 2.50 bits per heavy atom. The first-order valence-corrected chi connectivity index (χ1v) is 8.74. The molecule has 1 amide bonds. The van der Waals surface area contributed by atoms with Crippen molar-refractivity contribution in [3.63, 3.8) is 0 Å². The highest BCUT2D eigenvalue weighted by atomic mass is 32.2. The van der Waals surface area contributed by atoms with Gasteiger partial charge in [0.05, 0.1) is 12.4 Å². The Hall–Kier alpha value is -3.02. The first-order valence-electron chi connectivity index (χ1n) is 7.76. The lowest BCUT2D eigenvalue weighted by Gasteiger charge is -2.10. The number of amides is 1. The van der Waals surface area contributed by atoms with Crippen LogP contribution in [0, 0.1) is 0 Å². The summed E-state index contributed by atoms with van der Waals surface area (Å²) in [6.45, 7) is 1.83. The Morgan fingerprint density at radius 1 is 1.25 bits per heavy atom. The lowest BCUT2D eigenvalue weighted by atomic mass is 10.3. The first kappa shape index (κ1) is 21.3. The Balaban J connectivity index is 1.88. The van der Waals surface area contributed by atoms with Crippen LogP contribution in [0.15, 0.2) is 35.6 Å². The number of benzene rings is 1. The molecule has 28 heavy (non-hydrogen) atoms. The maximum Gasteiger partial charge on any atom is 0.573 e. The number of nitrogens with zero attached hydrogens (tertiary/aromatic N) is 2. The van der Waals surface area contributed by atoms with Crippen molar-refractivity contribution in [3.8, 4) is 5.75 Å². The SMILES string of the molecule is CCOC(=O)c1cnc(SCC(=O)Nc2ccc(OC(F)(F)F)cc2)nc1N. The number of rotatable bonds is 7. The molecule has 0 saturated carbocycles. The molecule has 0 aliphatic carbocycles. The maximum absolute atomic E-state index is 12.1. The molecule has 3 N–H and O–H groups in total. The van der Waals surface area contributed by atoms with Crippen LogP contribution in [0.1, 0.15) is 17.3 Å². The fraction of sp³-hybridized carbons (Fsp3) is 0.250. The molecule has 0 aliphatic rings. The van der Waals surface area contributed by atoms with Crippen LogP contribution in [-0.2, 0) is 9.53 Å². The van der Waals surface area contributed by atoms with Crippen LogP contribution in [0.2, 0.25) is 0 Å². The van der Waals surface area contributed by atoms with E-state index in [1.54, 1.807) is 6.92 Å². The summed E-state index contributed by atoms with van der Waals surface area (Å²) < 4.78 is 44.9. The van der Waals surface area contributed by atoms with Gasteiger partial charge in [-0.1, -0.05) is 11.8 Å². The predicted octanol–water partition coefficient (Wildman–Crippen LogP) is 2.86. The van der Waals surface area contributed by atoms with E-state index in [0.717, 1.165) is 23.9 Å². The van der Waals surface area contributed by atoms with Gasteiger partial charge in [-0.05, 0) is 31.2 Å². The second-order valence-corrected chi connectivity index (χ2v) is 6.02. The van der Waals surface area contributed by atoms with Crippen LogP contribution < -0.4 is 15.8 Å². The minimum absolute atomic E-state index is 0.0248. The van der Waals surface area contributed by atoms with Gasteiger partial charge in [0, 0.05) is 11.9 Å². The third-order valence-corrected chi connectivity index (χ3v) is 3.86. The van der Waals surface area contributed by atoms with E-state index in [0.29, 0.717) is 5.69 Å². The molecule has 8 nitrogen and oxygen atoms in total. The summed E-state index contributed by atoms with van der Waals surface area (Å²) in [5, 5.41) is 2.68. The molecule has 2 rings (SSSR count). The summed E-state index contributed by atoms with van der Waals surface area (Å²) in [6.07, 6.45) is -3.58. The number of halogens is 3. The normalized spacial score (nSPS) is 11.0. The van der Waals surface area contributed by atoms with Gasteiger partial charge in [-0.3, -0.25) is 4.79 Å². The average molecular weight is 416 g/mol. The van der Waals surface area contributed by atoms with Crippen LogP contribution >= 0.6 is 11.8 Å². The number of ether oxygens (including phenoxy) is 2. The number of carbonyl (C=O) groups excluding carboxylic acids is 2. The Kier molecular flexibility index (Phi) is 7.04. The standard InChI is InChI=1S/C16H15F3N4O4S/c1-2-26-14(25)11-7-21-15(23-13(11)20)28-8-12(24)22-9-3-5-10(6-4-9)27-16(17,18)19/h3-7H,2,8H2,1H3,(H,22,24)(H2,20,21,23). The number of esters is 1. The first-order chi connectivity index (χ1) is 13.2. The van der Waals surface area contributed by atoms with Gasteiger partial charge in [0.25, 0.3) is 0 Å². The van der Waals surface area contributed by atoms with Crippen molar-refractivity contribution in [2.45, 2.75) is 18.4 Å². The number of alkyl halides is 3. The highest BCUT2D eigenvalue weighted by Gasteiger charge is 2.30. The summed E-state index contributed by atoms with van der Waals surface area (Å²) >= 11 is 0.967. The third kappa shape index (κ3) is 6.61. The number of carbonyl (C=O) groups is 2. The third-order valence-electron chi connectivity index (χ3n) is 3.00. The minimum atomic E-state index is -4.79. The molecular weight excluding hydrogens is 401 g/mol. The van der Waals surface area contributed by atoms with E-state index in [1.165, 1.54) is 18.3 Å². The number of nitrogens with two attached hydrogens (primary N) is 1. The smallest absolute Gasteiger partial charge is 0.462 e. The van der Waals surface area contributed by atoms with E-state index in [1.807, 2.05) is 0 Å². The number of nitrogen functional groups attached to an aromatic ring is 1. The number of nitrogens with one attached hydrogen (secondary N) is 1. The van der Waals surface area contributed by atoms with Crippen LogP contribution in [0.25, 0.3) is 0 Å². The number of hydrogen-bond acceptors (Lipinski definition) is 8. The van der Waals surface area contributed by atoms with Gasteiger partial charge >= 0.3 is 12.3 Å². The van der Waals surface area contributed by atoms with E-state index < -0.39 is 24.0 Å². The molecule has 0 atom stereocenters. The van der Waals surface area contributed by atoms with E-state index in [9.17, 15) is 22.8 Å². The highest BCUT2D eigenvalue weighted by molar-refractivity contribution is 7.99. The molecule has 150 valence electrons. The van der Waals surface area contributed by atoms with Crippen molar-refractivity contribution in [1.29, 1.82) is 0 Å². The zero-order chi connectivity index (χ0) is 20.7. The maximum atomic E-state index is 12.1. The van der Waals surface area contributed by atoms with Crippen LogP contribution in [0.5, 0.6) is 5.75 Å². The molecule has 0 aliphatic heterocycles. The fourth-order valence-electron chi connectivity index (χ4n) is 1.88. The second kappa shape index (κ2) is 9.26. The van der Waals surface area contributed by atoms with Crippen molar-refractivity contribution in [3.05, 3.63) is 36.0 Å². The molecule has 1 heterocycles. The molecule has 0 fully saturated rings. The zero-order valence-electron chi connectivity index (χ0n) is 14.4. The van der Waals surface area contributed by atoms with Gasteiger partial charge in [-0.15, -0.1) is 13.2 Å². The van der Waals surface area contributed by atoms with Crippen LogP contribution in [-0.4, -0.2) is 40.6 Å². The van der Waals surface area contributed by atoms with E-state index in [-0.39, 0.29) is 28.9 Å². The lowest BCUT2D eigenvalue weighted by molar-refractivity contribution is -0.274. The van der Waals surface area contributed by atoms with Crippen molar-refractivity contribution < 1.29 is 32.2 Å². The molecule has 0 saturated heterocycles. The molecule has 12 heteroatoms. The number of thioether (sulfide) groups is 1. The Morgan fingerprint density at radius 2 is 1.93 bits per heavy atom. The molecule has 0 bridgehead atoms. The van der Waals surface area contributed by atoms with Gasteiger partial charge < -0.3 is 20.5 Å². The average Bonchev–Trinajstić information content (AvgIpc) is 2.60. The minimum Gasteiger partial charge on any atom is -0.462 e. The fourth-order valence-corrected chi connectivity index (χ4v) is 2.50. The Labute approximate surface area is 161 Å². The number of hydrogen-bond donors (Lipinski definition) is 2. The lowest BCUT2D eigenvalue weighted by Crippen LogP contribution is -2.17. The Bertz CT molecular complexity index is 847. The van der Waals surface area contributed by atoms with Gasteiger partial charge in [-0.25, -0.2) is 14.8 Å². The van der Waals surface area contributed by atoms with Gasteiger partial charge in [0.15, 0.2) is 5.16 Å². The molecule has 1 aromatic carbocycles. The summed E-state index contributed by atoms with van der Waals surface area (Å²) in [5.74, 6) is -1.64. The number of aromatic nitrogens is 2. The monoisotopic (exact) mass is 416 g/mol. The summed E-state index contributed by atoms with van der Waals surface area (Å²) in [6, 6.07) is 4.70. The largest absolute Gasteiger partial charge is 0.573 e. The number of anilines is 2. The van der Waals surface area contributed by atoms with E-state index in [4.69, 9.17) is 10.5 Å². The second-order valence-electron chi connectivity index (χ2n) is 5.08. The van der Waals surface area contributed by atoms with Crippen LogP contribution in [0.3, 0.4) is 0 Å². The molecule has 0 spiro atoms. The van der Waals surface area contributed by atoms with Crippen molar-refractivity contribution in [2.75, 3.05) is 23.4 Å². The molecule has 0 unspecified atom stereocenters. The van der Waals surface area contributed by atoms with Crippen molar-refractivity contribution >= 4 is 35.1 Å². The van der Waals surface area contributed by atoms with Gasteiger partial charge in [-0.2, -0.15) is 0 Å². The molecule has 1 aromatic heterocycles. The topological polar surface area (TPSA) is 116 Å². The predicted molar refractivity (Wildman–Crippen MR) is 94.9 cm³/mol. The summed E-state index contributed by atoms with van der Waals surface area (Å²) in [4.78, 5) is 31.4. The van der Waals surface area contributed by atoms with E-state index in [2.05, 4.69) is 20.0 Å². The van der Waals surface area contributed by atoms with Crippen molar-refractivity contribution in [2.24, 2.45) is 0 Å².